The van der Waals surface area contributed by atoms with Gasteiger partial charge in [-0.05, 0) is 24.3 Å². The second-order valence-corrected chi connectivity index (χ2v) is 4.40. The van der Waals surface area contributed by atoms with E-state index in [1.54, 1.807) is 24.3 Å². The van der Waals surface area contributed by atoms with Crippen molar-refractivity contribution in [3.8, 4) is 0 Å². The first kappa shape index (κ1) is 13.8. The molecule has 7 heteroatoms. The average Bonchev–Trinajstić information content (AvgIpc) is 2.38. The number of benzene rings is 2. The fraction of sp³-hybridized carbons (Fsp3) is 0. The predicted molar refractivity (Wildman–Crippen MR) is 76.9 cm³/mol. The van der Waals surface area contributed by atoms with Crippen molar-refractivity contribution in [1.82, 2.24) is 0 Å². The summed E-state index contributed by atoms with van der Waals surface area (Å²) in [4.78, 5) is 22.2. The van der Waals surface area contributed by atoms with E-state index in [1.165, 1.54) is 18.2 Å². The first-order valence-corrected chi connectivity index (χ1v) is 5.96. The molecule has 0 fully saturated rings. The zero-order chi connectivity index (χ0) is 14.7. The number of nitrogens with one attached hydrogen (secondary N) is 1. The molecule has 2 aromatic carbocycles. The van der Waals surface area contributed by atoms with Crippen LogP contribution in [0.15, 0.2) is 42.5 Å². The lowest BCUT2D eigenvalue weighted by molar-refractivity contribution is -0.383. The summed E-state index contributed by atoms with van der Waals surface area (Å²) >= 11 is 5.81. The van der Waals surface area contributed by atoms with Crippen LogP contribution in [0.4, 0.5) is 17.1 Å². The monoisotopic (exact) mass is 291 g/mol. The van der Waals surface area contributed by atoms with Gasteiger partial charge in [-0.1, -0.05) is 23.7 Å². The van der Waals surface area contributed by atoms with Crippen LogP contribution in [-0.2, 0) is 0 Å². The normalized spacial score (nSPS) is 10.1. The number of nitro groups is 1. The molecule has 0 aromatic heterocycles. The van der Waals surface area contributed by atoms with Gasteiger partial charge in [0.05, 0.1) is 10.5 Å². The predicted octanol–water partition coefficient (Wildman–Crippen LogP) is 3.08. The van der Waals surface area contributed by atoms with Crippen molar-refractivity contribution in [2.45, 2.75) is 0 Å². The third-order valence-electron chi connectivity index (χ3n) is 2.61. The molecule has 0 heterocycles. The number of hydrogen-bond donors (Lipinski definition) is 2. The molecule has 0 radical (unpaired) electrons. The zero-order valence-electron chi connectivity index (χ0n) is 10.2. The fourth-order valence-corrected chi connectivity index (χ4v) is 1.87. The summed E-state index contributed by atoms with van der Waals surface area (Å²) in [6.45, 7) is 0. The minimum absolute atomic E-state index is 0.0409. The van der Waals surface area contributed by atoms with Gasteiger partial charge in [0.2, 0.25) is 0 Å². The van der Waals surface area contributed by atoms with Gasteiger partial charge in [-0.25, -0.2) is 0 Å². The van der Waals surface area contributed by atoms with E-state index in [0.717, 1.165) is 0 Å². The quantitative estimate of drug-likeness (QED) is 0.516. The third kappa shape index (κ3) is 2.86. The van der Waals surface area contributed by atoms with Crippen LogP contribution < -0.4 is 11.1 Å². The molecule has 0 aliphatic carbocycles. The van der Waals surface area contributed by atoms with E-state index in [9.17, 15) is 14.9 Å². The summed E-state index contributed by atoms with van der Waals surface area (Å²) in [6.07, 6.45) is 0. The summed E-state index contributed by atoms with van der Waals surface area (Å²) in [7, 11) is 0. The first-order chi connectivity index (χ1) is 9.49. The van der Waals surface area contributed by atoms with Gasteiger partial charge in [0, 0.05) is 16.8 Å². The Labute approximate surface area is 119 Å². The van der Waals surface area contributed by atoms with Gasteiger partial charge in [-0.3, -0.25) is 14.9 Å². The van der Waals surface area contributed by atoms with Crippen molar-refractivity contribution in [3.05, 3.63) is 63.2 Å². The highest BCUT2D eigenvalue weighted by Gasteiger charge is 2.18. The summed E-state index contributed by atoms with van der Waals surface area (Å²) in [6, 6.07) is 10.6. The maximum absolute atomic E-state index is 12.1. The van der Waals surface area contributed by atoms with Crippen LogP contribution >= 0.6 is 11.6 Å². The third-order valence-corrected chi connectivity index (χ3v) is 2.84. The Hall–Kier alpha value is -2.60. The average molecular weight is 292 g/mol. The number of halogens is 1. The lowest BCUT2D eigenvalue weighted by atomic mass is 10.1. The number of para-hydroxylation sites is 1. The molecule has 0 atom stereocenters. The molecular formula is C13H10ClN3O3. The van der Waals surface area contributed by atoms with Crippen LogP contribution in [0.1, 0.15) is 10.4 Å². The van der Waals surface area contributed by atoms with Gasteiger partial charge in [0.15, 0.2) is 0 Å². The highest BCUT2D eigenvalue weighted by molar-refractivity contribution is 6.31. The van der Waals surface area contributed by atoms with Gasteiger partial charge in [-0.15, -0.1) is 0 Å². The zero-order valence-corrected chi connectivity index (χ0v) is 10.9. The number of rotatable bonds is 3. The van der Waals surface area contributed by atoms with Gasteiger partial charge in [0.1, 0.15) is 5.69 Å². The lowest BCUT2D eigenvalue weighted by Gasteiger charge is -2.08. The Morgan fingerprint density at radius 1 is 1.25 bits per heavy atom. The van der Waals surface area contributed by atoms with Gasteiger partial charge < -0.3 is 11.1 Å². The smallest absolute Gasteiger partial charge is 0.292 e. The fourth-order valence-electron chi connectivity index (χ4n) is 1.67. The van der Waals surface area contributed by atoms with Crippen molar-refractivity contribution in [2.75, 3.05) is 11.1 Å². The number of amides is 1. The van der Waals surface area contributed by atoms with E-state index in [2.05, 4.69) is 5.32 Å². The largest absolute Gasteiger partial charge is 0.393 e. The molecule has 1 amide bonds. The van der Waals surface area contributed by atoms with Crippen LogP contribution in [-0.4, -0.2) is 10.8 Å². The number of anilines is 2. The maximum Gasteiger partial charge on any atom is 0.292 e. The van der Waals surface area contributed by atoms with Crippen LogP contribution in [0.2, 0.25) is 5.02 Å². The van der Waals surface area contributed by atoms with E-state index in [0.29, 0.717) is 10.7 Å². The summed E-state index contributed by atoms with van der Waals surface area (Å²) < 4.78 is 0. The molecular weight excluding hydrogens is 282 g/mol. The number of carbonyl (C=O) groups is 1. The second-order valence-electron chi connectivity index (χ2n) is 3.96. The van der Waals surface area contributed by atoms with Crippen LogP contribution in [0.3, 0.4) is 0 Å². The Morgan fingerprint density at radius 3 is 2.60 bits per heavy atom. The van der Waals surface area contributed by atoms with E-state index in [4.69, 9.17) is 17.3 Å². The molecule has 0 saturated carbocycles. The highest BCUT2D eigenvalue weighted by Crippen LogP contribution is 2.25. The van der Waals surface area contributed by atoms with Gasteiger partial charge in [-0.2, -0.15) is 0 Å². The molecule has 6 nitrogen and oxygen atoms in total. The number of nitrogen functional groups attached to an aromatic ring is 1. The summed E-state index contributed by atoms with van der Waals surface area (Å²) in [5.74, 6) is -0.534. The van der Waals surface area contributed by atoms with Crippen molar-refractivity contribution in [2.24, 2.45) is 0 Å². The summed E-state index contributed by atoms with van der Waals surface area (Å²) in [5, 5.41) is 13.8. The molecule has 20 heavy (non-hydrogen) atoms. The molecule has 2 rings (SSSR count). The van der Waals surface area contributed by atoms with Crippen LogP contribution in [0.25, 0.3) is 0 Å². The van der Waals surface area contributed by atoms with Crippen molar-refractivity contribution < 1.29 is 9.72 Å². The molecule has 102 valence electrons. The topological polar surface area (TPSA) is 98.3 Å². The molecule has 0 bridgehead atoms. The van der Waals surface area contributed by atoms with E-state index < -0.39 is 10.8 Å². The Morgan fingerprint density at radius 2 is 1.95 bits per heavy atom. The van der Waals surface area contributed by atoms with Gasteiger partial charge >= 0.3 is 0 Å². The molecule has 0 saturated heterocycles. The molecule has 3 N–H and O–H groups in total. The van der Waals surface area contributed by atoms with E-state index in [-0.39, 0.29) is 16.9 Å². The number of carbonyl (C=O) groups excluding carboxylic acids is 1. The maximum atomic E-state index is 12.1. The second kappa shape index (κ2) is 5.58. The Balaban J connectivity index is 2.30. The standard InChI is InChI=1S/C13H10ClN3O3/c14-8-3-1-4-9(7-8)16-13(18)10-5-2-6-11(12(10)15)17(19)20/h1-7H,15H2,(H,16,18). The van der Waals surface area contributed by atoms with Crippen molar-refractivity contribution in [3.63, 3.8) is 0 Å². The van der Waals surface area contributed by atoms with Crippen molar-refractivity contribution in [1.29, 1.82) is 0 Å². The highest BCUT2D eigenvalue weighted by atomic mass is 35.5. The molecule has 2 aromatic rings. The minimum Gasteiger partial charge on any atom is -0.393 e. The van der Waals surface area contributed by atoms with Crippen molar-refractivity contribution >= 4 is 34.6 Å². The number of hydrogen-bond acceptors (Lipinski definition) is 4. The number of nitrogens with two attached hydrogens (primary N) is 1. The molecule has 0 spiro atoms. The first-order valence-electron chi connectivity index (χ1n) is 5.59. The van der Waals surface area contributed by atoms with E-state index >= 15 is 0 Å². The van der Waals surface area contributed by atoms with Gasteiger partial charge in [0.25, 0.3) is 11.6 Å². The molecule has 0 aliphatic heterocycles. The number of nitro benzene ring substituents is 1. The van der Waals surface area contributed by atoms with E-state index in [1.807, 2.05) is 0 Å². The van der Waals surface area contributed by atoms with Crippen LogP contribution in [0.5, 0.6) is 0 Å². The Kier molecular flexibility index (Phi) is 3.86. The minimum atomic E-state index is -0.633. The Bertz CT molecular complexity index is 688. The van der Waals surface area contributed by atoms with Crippen LogP contribution in [0, 0.1) is 10.1 Å². The molecule has 0 aliphatic rings. The SMILES string of the molecule is Nc1c(C(=O)Nc2cccc(Cl)c2)cccc1[N+](=O)[O-]. The lowest BCUT2D eigenvalue weighted by Crippen LogP contribution is -2.14. The summed E-state index contributed by atoms with van der Waals surface area (Å²) in [5.41, 5.74) is 5.69. The number of nitrogens with zero attached hydrogens (tertiary/aromatic N) is 1. The molecule has 0 unspecified atom stereocenters.